The van der Waals surface area contributed by atoms with Crippen LogP contribution in [0.25, 0.3) is 15.9 Å². The van der Waals surface area contributed by atoms with E-state index in [4.69, 9.17) is 5.11 Å². The third-order valence-corrected chi connectivity index (χ3v) is 4.14. The SMILES string of the molecule is O=C(O)c1cn(-c2scnc2C(F)(F)F)c2cc(F)c(F)cc2c1=O. The fourth-order valence-corrected chi connectivity index (χ4v) is 3.05. The summed E-state index contributed by atoms with van der Waals surface area (Å²) >= 11 is 0.501. The highest BCUT2D eigenvalue weighted by Crippen LogP contribution is 2.36. The smallest absolute Gasteiger partial charge is 0.436 e. The molecule has 0 saturated heterocycles. The van der Waals surface area contributed by atoms with Crippen LogP contribution in [0.3, 0.4) is 0 Å². The van der Waals surface area contributed by atoms with E-state index in [0.29, 0.717) is 34.2 Å². The number of rotatable bonds is 2. The molecule has 3 aromatic rings. The Morgan fingerprint density at radius 1 is 1.20 bits per heavy atom. The maximum atomic E-state index is 13.6. The van der Waals surface area contributed by atoms with E-state index in [9.17, 15) is 31.5 Å². The van der Waals surface area contributed by atoms with Crippen LogP contribution in [0.1, 0.15) is 16.1 Å². The van der Waals surface area contributed by atoms with Crippen LogP contribution in [0.2, 0.25) is 0 Å². The maximum absolute atomic E-state index is 13.6. The van der Waals surface area contributed by atoms with Crippen LogP contribution in [0.5, 0.6) is 0 Å². The molecule has 0 aliphatic heterocycles. The van der Waals surface area contributed by atoms with E-state index < -0.39 is 56.4 Å². The third kappa shape index (κ3) is 2.76. The quantitative estimate of drug-likeness (QED) is 0.696. The molecular weight excluding hydrogens is 371 g/mol. The lowest BCUT2D eigenvalue weighted by atomic mass is 10.1. The lowest BCUT2D eigenvalue weighted by molar-refractivity contribution is -0.140. The summed E-state index contributed by atoms with van der Waals surface area (Å²) in [7, 11) is 0. The number of fused-ring (bicyclic) bond motifs is 1. The zero-order valence-corrected chi connectivity index (χ0v) is 12.6. The van der Waals surface area contributed by atoms with Crippen LogP contribution in [0.15, 0.2) is 28.6 Å². The molecule has 0 radical (unpaired) electrons. The van der Waals surface area contributed by atoms with Crippen LogP contribution < -0.4 is 5.43 Å². The number of benzene rings is 1. The number of pyridine rings is 1. The lowest BCUT2D eigenvalue weighted by Crippen LogP contribution is -2.19. The van der Waals surface area contributed by atoms with Gasteiger partial charge in [0.15, 0.2) is 17.3 Å². The van der Waals surface area contributed by atoms with Crippen LogP contribution in [0, 0.1) is 11.6 Å². The van der Waals surface area contributed by atoms with Gasteiger partial charge < -0.3 is 9.67 Å². The van der Waals surface area contributed by atoms with Gasteiger partial charge in [0.25, 0.3) is 0 Å². The minimum absolute atomic E-state index is 0.413. The molecule has 130 valence electrons. The number of halogens is 5. The van der Waals surface area contributed by atoms with Gasteiger partial charge in [-0.05, 0) is 6.07 Å². The van der Waals surface area contributed by atoms with Crippen molar-refractivity contribution in [1.82, 2.24) is 9.55 Å². The second-order valence-corrected chi connectivity index (χ2v) is 5.67. The van der Waals surface area contributed by atoms with E-state index >= 15 is 0 Å². The molecule has 0 fully saturated rings. The van der Waals surface area contributed by atoms with Gasteiger partial charge in [0, 0.05) is 12.3 Å². The molecule has 1 N–H and O–H groups in total. The molecule has 0 aliphatic rings. The highest BCUT2D eigenvalue weighted by Gasteiger charge is 2.37. The Kier molecular flexibility index (Phi) is 3.82. The molecule has 11 heteroatoms. The highest BCUT2D eigenvalue weighted by atomic mass is 32.1. The monoisotopic (exact) mass is 376 g/mol. The van der Waals surface area contributed by atoms with E-state index in [1.54, 1.807) is 0 Å². The summed E-state index contributed by atoms with van der Waals surface area (Å²) in [5.74, 6) is -4.55. The first-order valence-corrected chi connectivity index (χ1v) is 7.28. The van der Waals surface area contributed by atoms with Crippen LogP contribution >= 0.6 is 11.3 Å². The number of aromatic carboxylic acids is 1. The predicted octanol–water partition coefficient (Wildman–Crippen LogP) is 3.44. The number of carboxylic acid groups (broad SMARTS) is 1. The first kappa shape index (κ1) is 17.0. The van der Waals surface area contributed by atoms with Crippen molar-refractivity contribution in [2.24, 2.45) is 0 Å². The average molecular weight is 376 g/mol. The fraction of sp³-hybridized carbons (Fsp3) is 0.0714. The minimum atomic E-state index is -4.87. The number of carbonyl (C=O) groups is 1. The summed E-state index contributed by atoms with van der Waals surface area (Å²) in [6.45, 7) is 0. The molecule has 1 aromatic carbocycles. The summed E-state index contributed by atoms with van der Waals surface area (Å²) in [6.07, 6.45) is -4.24. The van der Waals surface area contributed by atoms with Crippen molar-refractivity contribution in [2.75, 3.05) is 0 Å². The van der Waals surface area contributed by atoms with E-state index in [0.717, 1.165) is 5.51 Å². The summed E-state index contributed by atoms with van der Waals surface area (Å²) < 4.78 is 66.9. The predicted molar refractivity (Wildman–Crippen MR) is 77.1 cm³/mol. The molecule has 0 bridgehead atoms. The van der Waals surface area contributed by atoms with Gasteiger partial charge in [-0.15, -0.1) is 11.3 Å². The van der Waals surface area contributed by atoms with Crippen molar-refractivity contribution >= 4 is 28.2 Å². The molecule has 2 aromatic heterocycles. The van der Waals surface area contributed by atoms with Crippen molar-refractivity contribution in [3.63, 3.8) is 0 Å². The Balaban J connectivity index is 2.49. The van der Waals surface area contributed by atoms with Gasteiger partial charge >= 0.3 is 12.1 Å². The number of hydrogen-bond donors (Lipinski definition) is 1. The molecule has 3 rings (SSSR count). The molecule has 25 heavy (non-hydrogen) atoms. The number of alkyl halides is 3. The van der Waals surface area contributed by atoms with Crippen LogP contribution in [0.4, 0.5) is 22.0 Å². The van der Waals surface area contributed by atoms with Gasteiger partial charge in [-0.1, -0.05) is 0 Å². The molecule has 0 atom stereocenters. The van der Waals surface area contributed by atoms with Crippen LogP contribution in [-0.2, 0) is 6.18 Å². The Bertz CT molecular complexity index is 1070. The van der Waals surface area contributed by atoms with E-state index in [1.165, 1.54) is 0 Å². The second-order valence-electron chi connectivity index (χ2n) is 4.83. The highest BCUT2D eigenvalue weighted by molar-refractivity contribution is 7.12. The van der Waals surface area contributed by atoms with E-state index in [-0.39, 0.29) is 0 Å². The summed E-state index contributed by atoms with van der Waals surface area (Å²) in [6, 6.07) is 0.974. The van der Waals surface area contributed by atoms with Gasteiger partial charge in [-0.2, -0.15) is 13.2 Å². The number of hydrogen-bond acceptors (Lipinski definition) is 4. The molecular formula is C14H5F5N2O3S. The van der Waals surface area contributed by atoms with Gasteiger partial charge in [0.05, 0.1) is 16.4 Å². The zero-order chi connectivity index (χ0) is 18.5. The summed E-state index contributed by atoms with van der Waals surface area (Å²) in [5, 5.41) is 7.94. The van der Waals surface area contributed by atoms with Crippen molar-refractivity contribution in [3.05, 3.63) is 57.0 Å². The molecule has 5 nitrogen and oxygen atoms in total. The van der Waals surface area contributed by atoms with Crippen molar-refractivity contribution in [2.45, 2.75) is 6.18 Å². The van der Waals surface area contributed by atoms with Crippen LogP contribution in [-0.4, -0.2) is 20.6 Å². The average Bonchev–Trinajstić information content (AvgIpc) is 2.99. The Labute approximate surface area is 138 Å². The minimum Gasteiger partial charge on any atom is -0.477 e. The first-order chi connectivity index (χ1) is 11.6. The van der Waals surface area contributed by atoms with Gasteiger partial charge in [0.2, 0.25) is 5.43 Å². The molecule has 0 saturated carbocycles. The Morgan fingerprint density at radius 3 is 2.44 bits per heavy atom. The molecule has 2 heterocycles. The summed E-state index contributed by atoms with van der Waals surface area (Å²) in [5.41, 5.74) is -2.93. The Hall–Kier alpha value is -2.82. The van der Waals surface area contributed by atoms with Crippen molar-refractivity contribution in [3.8, 4) is 5.00 Å². The molecule has 0 unspecified atom stereocenters. The largest absolute Gasteiger partial charge is 0.477 e. The van der Waals surface area contributed by atoms with Gasteiger partial charge in [0.1, 0.15) is 10.6 Å². The van der Waals surface area contributed by atoms with Crippen molar-refractivity contribution in [1.29, 1.82) is 0 Å². The molecule has 0 aliphatic carbocycles. The number of aromatic nitrogens is 2. The molecule has 0 spiro atoms. The maximum Gasteiger partial charge on any atom is 0.436 e. The standard InChI is InChI=1S/C14H5F5N2O3S/c15-7-1-5-9(2-8(7)16)21(3-6(10(5)22)13(23)24)12-11(14(17,18)19)20-4-25-12/h1-4H,(H,23,24). The second kappa shape index (κ2) is 5.62. The topological polar surface area (TPSA) is 72.2 Å². The first-order valence-electron chi connectivity index (χ1n) is 6.40. The number of thiazole rings is 1. The van der Waals surface area contributed by atoms with E-state index in [2.05, 4.69) is 4.98 Å². The fourth-order valence-electron chi connectivity index (χ4n) is 2.25. The van der Waals surface area contributed by atoms with Crippen molar-refractivity contribution < 1.29 is 31.9 Å². The number of nitrogens with zero attached hydrogens (tertiary/aromatic N) is 2. The third-order valence-electron chi connectivity index (χ3n) is 3.31. The van der Waals surface area contributed by atoms with E-state index in [1.807, 2.05) is 0 Å². The van der Waals surface area contributed by atoms with Gasteiger partial charge in [-0.25, -0.2) is 18.6 Å². The van der Waals surface area contributed by atoms with Gasteiger partial charge in [-0.3, -0.25) is 4.79 Å². The Morgan fingerprint density at radius 2 is 1.84 bits per heavy atom. The zero-order valence-electron chi connectivity index (χ0n) is 11.8. The lowest BCUT2D eigenvalue weighted by Gasteiger charge is -2.13. The number of carboxylic acids is 1. The summed E-state index contributed by atoms with van der Waals surface area (Å²) in [4.78, 5) is 26.5. The molecule has 0 amide bonds. The normalized spacial score (nSPS) is 11.9.